The van der Waals surface area contributed by atoms with Crippen LogP contribution in [0.15, 0.2) is 0 Å². The minimum atomic E-state index is -0.421. The van der Waals surface area contributed by atoms with Crippen LogP contribution in [0.2, 0.25) is 0 Å². The lowest BCUT2D eigenvalue weighted by Crippen LogP contribution is -2.52. The van der Waals surface area contributed by atoms with Crippen molar-refractivity contribution in [3.8, 4) is 0 Å². The van der Waals surface area contributed by atoms with E-state index in [1.54, 1.807) is 0 Å². The molecule has 2 atom stereocenters. The van der Waals surface area contributed by atoms with Crippen LogP contribution in [0.25, 0.3) is 0 Å². The van der Waals surface area contributed by atoms with Crippen LogP contribution >= 0.6 is 0 Å². The predicted molar refractivity (Wildman–Crippen MR) is 99.6 cm³/mol. The highest BCUT2D eigenvalue weighted by atomic mass is 16.2. The van der Waals surface area contributed by atoms with Gasteiger partial charge in [0.15, 0.2) is 5.78 Å². The van der Waals surface area contributed by atoms with Crippen LogP contribution in [0.1, 0.15) is 66.2 Å². The maximum atomic E-state index is 12.7. The Morgan fingerprint density at radius 1 is 0.833 bits per heavy atom. The highest BCUT2D eigenvalue weighted by molar-refractivity contribution is 5.91. The van der Waals surface area contributed by atoms with Crippen molar-refractivity contribution in [2.24, 2.45) is 17.4 Å². The Morgan fingerprint density at radius 2 is 1.33 bits per heavy atom. The molecule has 0 aliphatic carbocycles. The Bertz CT molecular complexity index is 359. The van der Waals surface area contributed by atoms with Crippen LogP contribution < -0.4 is 22.1 Å². The minimum Gasteiger partial charge on any atom is -0.345 e. The molecule has 0 aliphatic rings. The van der Waals surface area contributed by atoms with E-state index in [9.17, 15) is 9.59 Å². The summed E-state index contributed by atoms with van der Waals surface area (Å²) in [5.74, 6) is -0.0972. The van der Waals surface area contributed by atoms with Gasteiger partial charge in [0.05, 0.1) is 12.1 Å². The smallest absolute Gasteiger partial charge is 0.237 e. The third-order valence-electron chi connectivity index (χ3n) is 3.97. The fraction of sp³-hybridized carbons (Fsp3) is 0.889. The molecule has 0 aliphatic heterocycles. The van der Waals surface area contributed by atoms with E-state index in [-0.39, 0.29) is 29.7 Å². The van der Waals surface area contributed by atoms with Crippen molar-refractivity contribution in [2.45, 2.75) is 84.3 Å². The van der Waals surface area contributed by atoms with Gasteiger partial charge >= 0.3 is 0 Å². The molecule has 6 nitrogen and oxygen atoms in total. The van der Waals surface area contributed by atoms with E-state index in [1.165, 1.54) is 0 Å². The number of hydrogen-bond acceptors (Lipinski definition) is 5. The first kappa shape index (κ1) is 23.0. The van der Waals surface area contributed by atoms with Gasteiger partial charge in [0.2, 0.25) is 5.91 Å². The van der Waals surface area contributed by atoms with Gasteiger partial charge in [-0.3, -0.25) is 9.59 Å². The molecule has 0 saturated carbocycles. The lowest BCUT2D eigenvalue weighted by molar-refractivity contribution is -0.130. The van der Waals surface area contributed by atoms with Crippen molar-refractivity contribution in [3.63, 3.8) is 0 Å². The summed E-state index contributed by atoms with van der Waals surface area (Å²) in [5, 5.41) is 6.26. The highest BCUT2D eigenvalue weighted by Gasteiger charge is 2.26. The molecule has 0 aromatic rings. The molecule has 24 heavy (non-hydrogen) atoms. The molecule has 142 valence electrons. The molecule has 6 heteroatoms. The van der Waals surface area contributed by atoms with Crippen LogP contribution in [-0.2, 0) is 9.59 Å². The van der Waals surface area contributed by atoms with Crippen molar-refractivity contribution in [1.29, 1.82) is 0 Å². The lowest BCUT2D eigenvalue weighted by atomic mass is 9.96. The van der Waals surface area contributed by atoms with E-state index in [1.807, 2.05) is 27.7 Å². The summed E-state index contributed by atoms with van der Waals surface area (Å²) >= 11 is 0. The number of unbranched alkanes of at least 4 members (excludes halogenated alkanes) is 2. The summed E-state index contributed by atoms with van der Waals surface area (Å²) < 4.78 is 0. The van der Waals surface area contributed by atoms with Gasteiger partial charge in [-0.15, -0.1) is 0 Å². The van der Waals surface area contributed by atoms with Gasteiger partial charge in [-0.1, -0.05) is 34.1 Å². The SMILES string of the molecule is CC(C)N[C@@H](CCCCN)C(=O)N[C@@H](CCCCN)C(=O)C(C)C. The Balaban J connectivity index is 4.82. The topological polar surface area (TPSA) is 110 Å². The van der Waals surface area contributed by atoms with Gasteiger partial charge in [0.1, 0.15) is 0 Å². The highest BCUT2D eigenvalue weighted by Crippen LogP contribution is 2.10. The van der Waals surface area contributed by atoms with Crippen LogP contribution in [0.3, 0.4) is 0 Å². The second kappa shape index (κ2) is 13.3. The van der Waals surface area contributed by atoms with E-state index in [0.29, 0.717) is 19.5 Å². The largest absolute Gasteiger partial charge is 0.345 e. The Labute approximate surface area is 147 Å². The Hall–Kier alpha value is -0.980. The maximum absolute atomic E-state index is 12.7. The molecular weight excluding hydrogens is 304 g/mol. The summed E-state index contributed by atoms with van der Waals surface area (Å²) in [6.07, 6.45) is 4.87. The van der Waals surface area contributed by atoms with Crippen LogP contribution in [-0.4, -0.2) is 42.9 Å². The van der Waals surface area contributed by atoms with Gasteiger partial charge in [-0.25, -0.2) is 0 Å². The third-order valence-corrected chi connectivity index (χ3v) is 3.97. The third kappa shape index (κ3) is 10.0. The standard InChI is InChI=1S/C18H38N4O2/c1-13(2)17(23)15(9-5-7-11-19)22-18(24)16(21-14(3)4)10-6-8-12-20/h13-16,21H,5-12,19-20H2,1-4H3,(H,22,24)/t15-,16-/m0/s1. The van der Waals surface area contributed by atoms with E-state index in [2.05, 4.69) is 10.6 Å². The van der Waals surface area contributed by atoms with Gasteiger partial charge < -0.3 is 22.1 Å². The number of nitrogens with one attached hydrogen (secondary N) is 2. The molecule has 0 rings (SSSR count). The summed E-state index contributed by atoms with van der Waals surface area (Å²) in [6, 6.07) is -0.501. The number of carbonyl (C=O) groups excluding carboxylic acids is 2. The zero-order chi connectivity index (χ0) is 18.5. The molecule has 0 spiro atoms. The number of amides is 1. The first-order valence-corrected chi connectivity index (χ1v) is 9.33. The zero-order valence-electron chi connectivity index (χ0n) is 15.9. The van der Waals surface area contributed by atoms with Crippen LogP contribution in [0.4, 0.5) is 0 Å². The van der Waals surface area contributed by atoms with Gasteiger partial charge in [0.25, 0.3) is 0 Å². The van der Waals surface area contributed by atoms with Crippen molar-refractivity contribution in [1.82, 2.24) is 10.6 Å². The monoisotopic (exact) mass is 342 g/mol. The summed E-state index contributed by atoms with van der Waals surface area (Å²) in [5.41, 5.74) is 11.1. The maximum Gasteiger partial charge on any atom is 0.237 e. The summed E-state index contributed by atoms with van der Waals surface area (Å²) in [4.78, 5) is 25.1. The second-order valence-electron chi connectivity index (χ2n) is 7.06. The fourth-order valence-corrected chi connectivity index (χ4v) is 2.64. The number of rotatable bonds is 14. The first-order valence-electron chi connectivity index (χ1n) is 9.33. The summed E-state index contributed by atoms with van der Waals surface area (Å²) in [6.45, 7) is 9.00. The zero-order valence-corrected chi connectivity index (χ0v) is 15.9. The lowest BCUT2D eigenvalue weighted by Gasteiger charge is -2.25. The normalized spacial score (nSPS) is 14.0. The summed E-state index contributed by atoms with van der Waals surface area (Å²) in [7, 11) is 0. The molecule has 0 unspecified atom stereocenters. The molecule has 0 aromatic carbocycles. The number of hydrogen-bond donors (Lipinski definition) is 4. The van der Waals surface area contributed by atoms with Crippen molar-refractivity contribution in [2.75, 3.05) is 13.1 Å². The molecule has 0 saturated heterocycles. The van der Waals surface area contributed by atoms with Crippen molar-refractivity contribution >= 4 is 11.7 Å². The van der Waals surface area contributed by atoms with Crippen LogP contribution in [0, 0.1) is 5.92 Å². The van der Waals surface area contributed by atoms with E-state index in [0.717, 1.165) is 32.1 Å². The van der Waals surface area contributed by atoms with Crippen molar-refractivity contribution < 1.29 is 9.59 Å². The Kier molecular flexibility index (Phi) is 12.8. The number of nitrogens with two attached hydrogens (primary N) is 2. The molecule has 0 radical (unpaired) electrons. The molecular formula is C18H38N4O2. The average Bonchev–Trinajstić information content (AvgIpc) is 2.52. The van der Waals surface area contributed by atoms with E-state index < -0.39 is 6.04 Å². The molecule has 0 heterocycles. The molecule has 6 N–H and O–H groups in total. The van der Waals surface area contributed by atoms with E-state index >= 15 is 0 Å². The van der Waals surface area contributed by atoms with Gasteiger partial charge in [-0.2, -0.15) is 0 Å². The van der Waals surface area contributed by atoms with Gasteiger partial charge in [0, 0.05) is 12.0 Å². The predicted octanol–water partition coefficient (Wildman–Crippen LogP) is 1.32. The average molecular weight is 343 g/mol. The first-order chi connectivity index (χ1) is 11.3. The molecule has 0 bridgehead atoms. The number of Topliss-reactive ketones (excluding diaryl/α,β-unsaturated/α-hetero) is 1. The molecule has 1 amide bonds. The van der Waals surface area contributed by atoms with Crippen molar-refractivity contribution in [3.05, 3.63) is 0 Å². The van der Waals surface area contributed by atoms with Gasteiger partial charge in [-0.05, 0) is 45.2 Å². The molecule has 0 fully saturated rings. The fourth-order valence-electron chi connectivity index (χ4n) is 2.64. The molecule has 0 aromatic heterocycles. The Morgan fingerprint density at radius 3 is 1.75 bits per heavy atom. The van der Waals surface area contributed by atoms with E-state index in [4.69, 9.17) is 11.5 Å². The number of carbonyl (C=O) groups is 2. The number of ketones is 1. The minimum absolute atomic E-state index is 0.0885. The van der Waals surface area contributed by atoms with Crippen LogP contribution in [0.5, 0.6) is 0 Å². The quantitative estimate of drug-likeness (QED) is 0.356. The second-order valence-corrected chi connectivity index (χ2v) is 7.06.